The van der Waals surface area contributed by atoms with Crippen LogP contribution in [0.2, 0.25) is 0 Å². The van der Waals surface area contributed by atoms with Crippen molar-refractivity contribution in [2.45, 2.75) is 43.8 Å². The first-order chi connectivity index (χ1) is 8.66. The molecule has 1 heterocycles. The molecule has 4 atom stereocenters. The van der Waals surface area contributed by atoms with Gasteiger partial charge in [0.2, 0.25) is 0 Å². The molecule has 2 aliphatic carbocycles. The highest BCUT2D eigenvalue weighted by atomic mass is 19.1. The largest absolute Gasteiger partial charge is 0.486 e. The molecule has 18 heavy (non-hydrogen) atoms. The second-order valence-electron chi connectivity index (χ2n) is 6.15. The fourth-order valence-corrected chi connectivity index (χ4v) is 4.34. The maximum absolute atomic E-state index is 13.2. The third-order valence-corrected chi connectivity index (χ3v) is 5.10. The summed E-state index contributed by atoms with van der Waals surface area (Å²) in [6.07, 6.45) is 4.87. The van der Waals surface area contributed by atoms with Crippen LogP contribution < -0.4 is 4.74 Å². The van der Waals surface area contributed by atoms with Crippen molar-refractivity contribution in [1.82, 2.24) is 0 Å². The lowest BCUT2D eigenvalue weighted by atomic mass is 9.77. The molecule has 96 valence electrons. The van der Waals surface area contributed by atoms with Gasteiger partial charge in [0.25, 0.3) is 0 Å². The van der Waals surface area contributed by atoms with E-state index in [1.54, 1.807) is 6.07 Å². The minimum atomic E-state index is -0.580. The lowest BCUT2D eigenvalue weighted by Gasteiger charge is -2.43. The van der Waals surface area contributed by atoms with Gasteiger partial charge in [0.05, 0.1) is 6.10 Å². The topological polar surface area (TPSA) is 29.5 Å². The third-order valence-electron chi connectivity index (χ3n) is 5.10. The van der Waals surface area contributed by atoms with E-state index in [1.807, 2.05) is 0 Å². The number of rotatable bonds is 0. The molecule has 3 heteroatoms. The number of fused-ring (bicyclic) bond motifs is 4. The van der Waals surface area contributed by atoms with Crippen molar-refractivity contribution in [2.24, 2.45) is 11.8 Å². The van der Waals surface area contributed by atoms with Gasteiger partial charge in [-0.25, -0.2) is 4.39 Å². The maximum atomic E-state index is 13.2. The number of aliphatic hydroxyl groups excluding tert-OH is 1. The van der Waals surface area contributed by atoms with Crippen LogP contribution in [0.5, 0.6) is 5.75 Å². The Morgan fingerprint density at radius 3 is 2.89 bits per heavy atom. The van der Waals surface area contributed by atoms with E-state index in [0.717, 1.165) is 12.3 Å². The molecule has 1 spiro atoms. The van der Waals surface area contributed by atoms with E-state index >= 15 is 0 Å². The molecule has 4 rings (SSSR count). The van der Waals surface area contributed by atoms with Crippen LogP contribution in [0.1, 0.15) is 43.8 Å². The molecule has 2 saturated carbocycles. The summed E-state index contributed by atoms with van der Waals surface area (Å²) in [5.41, 5.74) is 0.441. The zero-order valence-corrected chi connectivity index (χ0v) is 10.2. The molecular formula is C15H17FO2. The van der Waals surface area contributed by atoms with Crippen LogP contribution in [-0.2, 0) is 0 Å². The molecule has 3 unspecified atom stereocenters. The summed E-state index contributed by atoms with van der Waals surface area (Å²) in [7, 11) is 0. The van der Waals surface area contributed by atoms with Crippen molar-refractivity contribution in [3.05, 3.63) is 29.6 Å². The molecule has 3 aliphatic rings. The fourth-order valence-electron chi connectivity index (χ4n) is 4.34. The lowest BCUT2D eigenvalue weighted by molar-refractivity contribution is -0.0510. The highest BCUT2D eigenvalue weighted by molar-refractivity contribution is 5.39. The zero-order chi connectivity index (χ0) is 12.3. The standard InChI is InChI=1S/C15H17FO2/c16-11-3-4-14-12(6-11)13(17)8-15(18-14)7-9-1-2-10(15)5-9/h3-4,6,9-10,13,17H,1-2,5,7-8H2/t9?,10?,13-,15?/m1/s1. The Bertz CT molecular complexity index is 501. The Morgan fingerprint density at radius 1 is 1.28 bits per heavy atom. The number of hydrogen-bond acceptors (Lipinski definition) is 2. The Labute approximate surface area is 106 Å². The van der Waals surface area contributed by atoms with Gasteiger partial charge in [-0.15, -0.1) is 0 Å². The number of hydrogen-bond donors (Lipinski definition) is 1. The van der Waals surface area contributed by atoms with Crippen molar-refractivity contribution >= 4 is 0 Å². The molecule has 2 nitrogen and oxygen atoms in total. The highest BCUT2D eigenvalue weighted by Gasteiger charge is 2.55. The SMILES string of the molecule is O[C@@H]1CC2(CC3CCC2C3)Oc2ccc(F)cc21. The summed E-state index contributed by atoms with van der Waals surface area (Å²) in [5.74, 6) is 1.72. The normalized spacial score (nSPS) is 40.9. The van der Waals surface area contributed by atoms with Crippen LogP contribution in [0.15, 0.2) is 18.2 Å². The number of benzene rings is 1. The van der Waals surface area contributed by atoms with Crippen LogP contribution >= 0.6 is 0 Å². The van der Waals surface area contributed by atoms with Crippen molar-refractivity contribution in [3.63, 3.8) is 0 Å². The van der Waals surface area contributed by atoms with Gasteiger partial charge in [0.1, 0.15) is 17.2 Å². The maximum Gasteiger partial charge on any atom is 0.126 e. The van der Waals surface area contributed by atoms with Crippen molar-refractivity contribution in [1.29, 1.82) is 0 Å². The van der Waals surface area contributed by atoms with Gasteiger partial charge < -0.3 is 9.84 Å². The van der Waals surface area contributed by atoms with Crippen LogP contribution in [0, 0.1) is 17.7 Å². The highest BCUT2D eigenvalue weighted by Crippen LogP contribution is 2.57. The summed E-state index contributed by atoms with van der Waals surface area (Å²) < 4.78 is 19.4. The fraction of sp³-hybridized carbons (Fsp3) is 0.600. The molecule has 0 aromatic heterocycles. The van der Waals surface area contributed by atoms with Crippen LogP contribution in [-0.4, -0.2) is 10.7 Å². The van der Waals surface area contributed by atoms with E-state index in [1.165, 1.54) is 31.4 Å². The average molecular weight is 248 g/mol. The van der Waals surface area contributed by atoms with Crippen LogP contribution in [0.3, 0.4) is 0 Å². The van der Waals surface area contributed by atoms with E-state index in [9.17, 15) is 9.50 Å². The van der Waals surface area contributed by atoms with Crippen molar-refractivity contribution in [3.8, 4) is 5.75 Å². The smallest absolute Gasteiger partial charge is 0.126 e. The predicted octanol–water partition coefficient (Wildman–Crippen LogP) is 3.20. The van der Waals surface area contributed by atoms with E-state index in [-0.39, 0.29) is 11.4 Å². The van der Waals surface area contributed by atoms with Gasteiger partial charge in [0, 0.05) is 12.0 Å². The first kappa shape index (κ1) is 10.8. The van der Waals surface area contributed by atoms with Crippen molar-refractivity contribution in [2.75, 3.05) is 0 Å². The number of ether oxygens (including phenoxy) is 1. The summed E-state index contributed by atoms with van der Waals surface area (Å²) >= 11 is 0. The first-order valence-corrected chi connectivity index (χ1v) is 6.83. The first-order valence-electron chi connectivity index (χ1n) is 6.83. The van der Waals surface area contributed by atoms with E-state index < -0.39 is 6.10 Å². The Morgan fingerprint density at radius 2 is 2.17 bits per heavy atom. The number of aliphatic hydroxyl groups is 1. The summed E-state index contributed by atoms with van der Waals surface area (Å²) in [6, 6.07) is 4.48. The zero-order valence-electron chi connectivity index (χ0n) is 10.2. The molecule has 1 N–H and O–H groups in total. The Balaban J connectivity index is 1.74. The Hall–Kier alpha value is -1.09. The second kappa shape index (κ2) is 3.47. The molecule has 2 fully saturated rings. The minimum absolute atomic E-state index is 0.173. The van der Waals surface area contributed by atoms with Crippen molar-refractivity contribution < 1.29 is 14.2 Å². The average Bonchev–Trinajstić information content (AvgIpc) is 2.91. The predicted molar refractivity (Wildman–Crippen MR) is 64.8 cm³/mol. The molecule has 0 amide bonds. The van der Waals surface area contributed by atoms with E-state index in [0.29, 0.717) is 23.7 Å². The molecule has 0 saturated heterocycles. The monoisotopic (exact) mass is 248 g/mol. The molecule has 1 aromatic rings. The van der Waals surface area contributed by atoms with Gasteiger partial charge in [-0.05, 0) is 55.7 Å². The molecule has 1 aliphatic heterocycles. The van der Waals surface area contributed by atoms with Gasteiger partial charge in [-0.3, -0.25) is 0 Å². The third kappa shape index (κ3) is 1.37. The van der Waals surface area contributed by atoms with Gasteiger partial charge in [-0.2, -0.15) is 0 Å². The Kier molecular flexibility index (Phi) is 2.08. The second-order valence-corrected chi connectivity index (χ2v) is 6.15. The molecule has 0 radical (unpaired) electrons. The molecule has 1 aromatic carbocycles. The molecular weight excluding hydrogens is 231 g/mol. The van der Waals surface area contributed by atoms with Crippen LogP contribution in [0.4, 0.5) is 4.39 Å². The van der Waals surface area contributed by atoms with Gasteiger partial charge >= 0.3 is 0 Å². The minimum Gasteiger partial charge on any atom is -0.486 e. The molecule has 2 bridgehead atoms. The van der Waals surface area contributed by atoms with E-state index in [2.05, 4.69) is 0 Å². The van der Waals surface area contributed by atoms with Crippen LogP contribution in [0.25, 0.3) is 0 Å². The lowest BCUT2D eigenvalue weighted by Crippen LogP contribution is -2.45. The quantitative estimate of drug-likeness (QED) is 0.764. The summed E-state index contributed by atoms with van der Waals surface area (Å²) in [4.78, 5) is 0. The summed E-state index contributed by atoms with van der Waals surface area (Å²) in [5, 5.41) is 10.3. The summed E-state index contributed by atoms with van der Waals surface area (Å²) in [6.45, 7) is 0. The van der Waals surface area contributed by atoms with E-state index in [4.69, 9.17) is 4.74 Å². The van der Waals surface area contributed by atoms with Gasteiger partial charge in [-0.1, -0.05) is 0 Å². The van der Waals surface area contributed by atoms with Gasteiger partial charge in [0.15, 0.2) is 0 Å². The number of halogens is 1.